The molecule has 138 valence electrons. The lowest BCUT2D eigenvalue weighted by molar-refractivity contribution is -0.130. The van der Waals surface area contributed by atoms with Crippen molar-refractivity contribution in [1.29, 1.82) is 0 Å². The maximum Gasteiger partial charge on any atom is 0.228 e. The van der Waals surface area contributed by atoms with Crippen LogP contribution in [-0.4, -0.2) is 44.4 Å². The van der Waals surface area contributed by atoms with Crippen LogP contribution in [0.5, 0.6) is 17.2 Å². The summed E-state index contributed by atoms with van der Waals surface area (Å²) in [7, 11) is 4.90. The average molecular weight is 373 g/mol. The molecular formula is C20H23NO4S. The lowest BCUT2D eigenvalue weighted by Gasteiger charge is -2.26. The highest BCUT2D eigenvalue weighted by atomic mass is 32.2. The predicted molar refractivity (Wildman–Crippen MR) is 103 cm³/mol. The van der Waals surface area contributed by atoms with Gasteiger partial charge in [-0.25, -0.2) is 0 Å². The Morgan fingerprint density at radius 3 is 2.38 bits per heavy atom. The fourth-order valence-corrected chi connectivity index (χ4v) is 4.33. The minimum absolute atomic E-state index is 0.0402. The van der Waals surface area contributed by atoms with E-state index >= 15 is 0 Å². The number of hydrogen-bond donors (Lipinski definition) is 0. The fraction of sp³-hybridized carbons (Fsp3) is 0.350. The highest BCUT2D eigenvalue weighted by Crippen LogP contribution is 2.43. The molecule has 5 nitrogen and oxygen atoms in total. The number of amides is 1. The van der Waals surface area contributed by atoms with Gasteiger partial charge in [-0.15, -0.1) is 11.8 Å². The molecule has 0 bridgehead atoms. The van der Waals surface area contributed by atoms with Crippen molar-refractivity contribution in [3.05, 3.63) is 53.6 Å². The standard InChI is InChI=1S/C20H23NO4S/c1-23-15-6-4-14(5-7-15)12-19(22)21-10-11-26-20(21)17-9-8-16(24-2)13-18(17)25-3/h4-9,13,20H,10-12H2,1-3H3/t20-/m1/s1. The molecule has 1 atom stereocenters. The molecule has 0 spiro atoms. The van der Waals surface area contributed by atoms with Gasteiger partial charge >= 0.3 is 0 Å². The molecule has 0 saturated carbocycles. The van der Waals surface area contributed by atoms with E-state index in [1.165, 1.54) is 0 Å². The van der Waals surface area contributed by atoms with Crippen molar-refractivity contribution >= 4 is 17.7 Å². The van der Waals surface area contributed by atoms with Crippen LogP contribution in [-0.2, 0) is 11.2 Å². The van der Waals surface area contributed by atoms with Crippen LogP contribution in [0.4, 0.5) is 0 Å². The minimum atomic E-state index is -0.0402. The van der Waals surface area contributed by atoms with Crippen molar-refractivity contribution in [1.82, 2.24) is 4.90 Å². The van der Waals surface area contributed by atoms with Gasteiger partial charge in [0.25, 0.3) is 0 Å². The molecule has 2 aromatic carbocycles. The molecule has 3 rings (SSSR count). The molecular weight excluding hydrogens is 350 g/mol. The number of ether oxygens (including phenoxy) is 3. The van der Waals surface area contributed by atoms with Gasteiger partial charge in [0.1, 0.15) is 22.6 Å². The van der Waals surface area contributed by atoms with Crippen molar-refractivity contribution in [2.75, 3.05) is 33.6 Å². The first-order valence-electron chi connectivity index (χ1n) is 8.42. The summed E-state index contributed by atoms with van der Waals surface area (Å²) in [5.41, 5.74) is 1.98. The monoisotopic (exact) mass is 373 g/mol. The molecule has 0 aromatic heterocycles. The molecule has 0 aliphatic carbocycles. The van der Waals surface area contributed by atoms with Crippen molar-refractivity contribution in [2.45, 2.75) is 11.8 Å². The number of carbonyl (C=O) groups excluding carboxylic acids is 1. The number of thioether (sulfide) groups is 1. The first-order chi connectivity index (χ1) is 12.7. The van der Waals surface area contributed by atoms with Crippen LogP contribution in [0.2, 0.25) is 0 Å². The molecule has 1 heterocycles. The molecule has 1 aliphatic rings. The van der Waals surface area contributed by atoms with Crippen LogP contribution < -0.4 is 14.2 Å². The molecule has 1 saturated heterocycles. The van der Waals surface area contributed by atoms with Crippen LogP contribution in [0.25, 0.3) is 0 Å². The Morgan fingerprint density at radius 2 is 1.73 bits per heavy atom. The Balaban J connectivity index is 1.78. The van der Waals surface area contributed by atoms with E-state index in [1.54, 1.807) is 33.1 Å². The number of rotatable bonds is 6. The average Bonchev–Trinajstić information content (AvgIpc) is 3.17. The molecule has 2 aromatic rings. The summed E-state index contributed by atoms with van der Waals surface area (Å²) in [5, 5.41) is -0.0402. The van der Waals surface area contributed by atoms with Crippen LogP contribution in [0, 0.1) is 0 Å². The molecule has 1 amide bonds. The van der Waals surface area contributed by atoms with Crippen molar-refractivity contribution in [3.63, 3.8) is 0 Å². The summed E-state index contributed by atoms with van der Waals surface area (Å²) in [6.07, 6.45) is 0.375. The summed E-state index contributed by atoms with van der Waals surface area (Å²) in [4.78, 5) is 14.8. The Morgan fingerprint density at radius 1 is 1.04 bits per heavy atom. The zero-order valence-electron chi connectivity index (χ0n) is 15.2. The summed E-state index contributed by atoms with van der Waals surface area (Å²) in [6, 6.07) is 13.4. The molecule has 26 heavy (non-hydrogen) atoms. The Hall–Kier alpha value is -2.34. The largest absolute Gasteiger partial charge is 0.497 e. The topological polar surface area (TPSA) is 48.0 Å². The number of nitrogens with zero attached hydrogens (tertiary/aromatic N) is 1. The maximum absolute atomic E-state index is 12.9. The van der Waals surface area contributed by atoms with E-state index in [1.807, 2.05) is 47.4 Å². The summed E-state index contributed by atoms with van der Waals surface area (Å²) < 4.78 is 16.0. The molecule has 1 fully saturated rings. The molecule has 0 N–H and O–H groups in total. The van der Waals surface area contributed by atoms with Gasteiger partial charge in [0.2, 0.25) is 5.91 Å². The van der Waals surface area contributed by atoms with E-state index < -0.39 is 0 Å². The second kappa shape index (κ2) is 8.36. The zero-order valence-corrected chi connectivity index (χ0v) is 16.0. The number of hydrogen-bond acceptors (Lipinski definition) is 5. The van der Waals surface area contributed by atoms with E-state index in [9.17, 15) is 4.79 Å². The Bertz CT molecular complexity index is 763. The highest BCUT2D eigenvalue weighted by Gasteiger charge is 2.32. The lowest BCUT2D eigenvalue weighted by Crippen LogP contribution is -2.31. The van der Waals surface area contributed by atoms with E-state index in [-0.39, 0.29) is 11.3 Å². The number of carbonyl (C=O) groups is 1. The third-order valence-electron chi connectivity index (χ3n) is 4.43. The van der Waals surface area contributed by atoms with Gasteiger partial charge in [-0.2, -0.15) is 0 Å². The highest BCUT2D eigenvalue weighted by molar-refractivity contribution is 7.99. The summed E-state index contributed by atoms with van der Waals surface area (Å²) >= 11 is 1.76. The zero-order chi connectivity index (χ0) is 18.5. The Kier molecular flexibility index (Phi) is 5.93. The summed E-state index contributed by atoms with van der Waals surface area (Å²) in [5.74, 6) is 3.30. The minimum Gasteiger partial charge on any atom is -0.497 e. The van der Waals surface area contributed by atoms with Gasteiger partial charge in [-0.3, -0.25) is 4.79 Å². The second-order valence-electron chi connectivity index (χ2n) is 5.94. The molecule has 0 radical (unpaired) electrons. The molecule has 0 unspecified atom stereocenters. The van der Waals surface area contributed by atoms with Gasteiger partial charge in [-0.05, 0) is 29.8 Å². The third kappa shape index (κ3) is 3.90. The number of benzene rings is 2. The van der Waals surface area contributed by atoms with Gasteiger partial charge in [0.15, 0.2) is 0 Å². The number of methoxy groups -OCH3 is 3. The summed E-state index contributed by atoms with van der Waals surface area (Å²) in [6.45, 7) is 0.736. The quantitative estimate of drug-likeness (QED) is 0.775. The fourth-order valence-electron chi connectivity index (χ4n) is 3.03. The van der Waals surface area contributed by atoms with Crippen LogP contribution >= 0.6 is 11.8 Å². The van der Waals surface area contributed by atoms with Gasteiger partial charge in [0, 0.05) is 23.9 Å². The molecule has 6 heteroatoms. The van der Waals surface area contributed by atoms with Gasteiger partial charge in [0.05, 0.1) is 27.8 Å². The van der Waals surface area contributed by atoms with E-state index in [0.29, 0.717) is 6.42 Å². The van der Waals surface area contributed by atoms with E-state index in [4.69, 9.17) is 14.2 Å². The predicted octanol–water partition coefficient (Wildman–Crippen LogP) is 3.53. The maximum atomic E-state index is 12.9. The smallest absolute Gasteiger partial charge is 0.228 e. The van der Waals surface area contributed by atoms with E-state index in [0.717, 1.165) is 40.7 Å². The van der Waals surface area contributed by atoms with Crippen LogP contribution in [0.15, 0.2) is 42.5 Å². The van der Waals surface area contributed by atoms with Crippen LogP contribution in [0.1, 0.15) is 16.5 Å². The normalized spacial score (nSPS) is 16.4. The van der Waals surface area contributed by atoms with E-state index in [2.05, 4.69) is 0 Å². The first kappa shape index (κ1) is 18.5. The van der Waals surface area contributed by atoms with Crippen molar-refractivity contribution in [2.24, 2.45) is 0 Å². The Labute approximate surface area is 158 Å². The third-order valence-corrected chi connectivity index (χ3v) is 5.67. The van der Waals surface area contributed by atoms with Gasteiger partial charge < -0.3 is 19.1 Å². The van der Waals surface area contributed by atoms with Gasteiger partial charge in [-0.1, -0.05) is 12.1 Å². The first-order valence-corrected chi connectivity index (χ1v) is 9.47. The van der Waals surface area contributed by atoms with Crippen molar-refractivity contribution < 1.29 is 19.0 Å². The molecule has 1 aliphatic heterocycles. The van der Waals surface area contributed by atoms with Crippen molar-refractivity contribution in [3.8, 4) is 17.2 Å². The van der Waals surface area contributed by atoms with Crippen LogP contribution in [0.3, 0.4) is 0 Å². The second-order valence-corrected chi connectivity index (χ2v) is 7.13. The lowest BCUT2D eigenvalue weighted by atomic mass is 10.1. The SMILES string of the molecule is COc1ccc(CC(=O)N2CCS[C@@H]2c2ccc(OC)cc2OC)cc1.